The van der Waals surface area contributed by atoms with Crippen molar-refractivity contribution < 1.29 is 18.4 Å². The highest BCUT2D eigenvalue weighted by molar-refractivity contribution is 6.07. The number of imide groups is 1. The summed E-state index contributed by atoms with van der Waals surface area (Å²) in [5, 5.41) is 2.50. The maximum absolute atomic E-state index is 14.1. The fraction of sp³-hybridized carbons (Fsp3) is 0.235. The van der Waals surface area contributed by atoms with Crippen LogP contribution in [-0.2, 0) is 16.8 Å². The Labute approximate surface area is 137 Å². The Hall–Kier alpha value is -2.83. The summed E-state index contributed by atoms with van der Waals surface area (Å²) in [6.07, 6.45) is 2.02. The van der Waals surface area contributed by atoms with E-state index in [1.807, 2.05) is 6.07 Å². The van der Waals surface area contributed by atoms with Gasteiger partial charge in [0.25, 0.3) is 5.91 Å². The molecule has 2 aromatic rings. The lowest BCUT2D eigenvalue weighted by atomic mass is 9.91. The van der Waals surface area contributed by atoms with Crippen LogP contribution < -0.4 is 5.32 Å². The van der Waals surface area contributed by atoms with Crippen molar-refractivity contribution in [2.45, 2.75) is 18.9 Å². The molecule has 124 valence electrons. The largest absolute Gasteiger partial charge is 0.325 e. The van der Waals surface area contributed by atoms with Gasteiger partial charge in [0.2, 0.25) is 0 Å². The van der Waals surface area contributed by atoms with Crippen molar-refractivity contribution in [3.05, 3.63) is 65.5 Å². The topological polar surface area (TPSA) is 62.3 Å². The van der Waals surface area contributed by atoms with E-state index in [0.29, 0.717) is 12.5 Å². The summed E-state index contributed by atoms with van der Waals surface area (Å²) < 4.78 is 27.1. The van der Waals surface area contributed by atoms with Gasteiger partial charge in [-0.15, -0.1) is 0 Å². The van der Waals surface area contributed by atoms with Crippen LogP contribution in [0.4, 0.5) is 13.6 Å². The molecule has 3 amide bonds. The lowest BCUT2D eigenvalue weighted by molar-refractivity contribution is -0.131. The fourth-order valence-electron chi connectivity index (χ4n) is 2.75. The molecule has 3 rings (SSSR count). The molecule has 1 aliphatic heterocycles. The predicted octanol–water partition coefficient (Wildman–Crippen LogP) is 2.37. The zero-order chi connectivity index (χ0) is 17.3. The summed E-state index contributed by atoms with van der Waals surface area (Å²) in [7, 11) is 0. The van der Waals surface area contributed by atoms with Gasteiger partial charge in [0.05, 0.1) is 0 Å². The van der Waals surface area contributed by atoms with E-state index < -0.39 is 29.1 Å². The predicted molar refractivity (Wildman–Crippen MR) is 81.9 cm³/mol. The monoisotopic (exact) mass is 331 g/mol. The third-order valence-corrected chi connectivity index (χ3v) is 4.06. The third-order valence-electron chi connectivity index (χ3n) is 4.06. The summed E-state index contributed by atoms with van der Waals surface area (Å²) in [5.41, 5.74) is -0.888. The highest BCUT2D eigenvalue weighted by atomic mass is 19.1. The molecule has 0 aliphatic carbocycles. The van der Waals surface area contributed by atoms with E-state index in [9.17, 15) is 18.4 Å². The van der Waals surface area contributed by atoms with Crippen LogP contribution in [0.5, 0.6) is 0 Å². The molecule has 7 heteroatoms. The number of aromatic nitrogens is 1. The van der Waals surface area contributed by atoms with Crippen molar-refractivity contribution in [2.24, 2.45) is 0 Å². The molecule has 5 nitrogen and oxygen atoms in total. The molecule has 1 aromatic carbocycles. The molecule has 2 heterocycles. The van der Waals surface area contributed by atoms with Gasteiger partial charge in [-0.1, -0.05) is 12.1 Å². The second-order valence-corrected chi connectivity index (χ2v) is 5.71. The van der Waals surface area contributed by atoms with Gasteiger partial charge in [0, 0.05) is 36.5 Å². The summed E-state index contributed by atoms with van der Waals surface area (Å²) >= 11 is 0. The van der Waals surface area contributed by atoms with E-state index >= 15 is 0 Å². The summed E-state index contributed by atoms with van der Waals surface area (Å²) in [5.74, 6) is -2.20. The van der Waals surface area contributed by atoms with Crippen LogP contribution in [0, 0.1) is 11.6 Å². The molecule has 1 saturated heterocycles. The van der Waals surface area contributed by atoms with E-state index in [1.54, 1.807) is 18.3 Å². The van der Waals surface area contributed by atoms with Gasteiger partial charge in [0.1, 0.15) is 17.2 Å². The lowest BCUT2D eigenvalue weighted by Crippen LogP contribution is -2.42. The zero-order valence-electron chi connectivity index (χ0n) is 12.9. The first-order chi connectivity index (χ1) is 11.4. The molecule has 0 unspecified atom stereocenters. The van der Waals surface area contributed by atoms with Gasteiger partial charge in [-0.3, -0.25) is 14.7 Å². The molecule has 1 aromatic heterocycles. The summed E-state index contributed by atoms with van der Waals surface area (Å²) in [4.78, 5) is 30.0. The summed E-state index contributed by atoms with van der Waals surface area (Å²) in [6, 6.07) is 7.68. The van der Waals surface area contributed by atoms with E-state index in [1.165, 1.54) is 13.0 Å². The average molecular weight is 331 g/mol. The highest BCUT2D eigenvalue weighted by Gasteiger charge is 2.50. The SMILES string of the molecule is C[C@]1(c2ccc(F)cc2F)NC(=O)N(CCc2ccccn2)C1=O. The molecule has 0 saturated carbocycles. The molecule has 0 radical (unpaired) electrons. The van der Waals surface area contributed by atoms with Crippen molar-refractivity contribution in [1.29, 1.82) is 0 Å². The quantitative estimate of drug-likeness (QED) is 0.875. The van der Waals surface area contributed by atoms with Gasteiger partial charge in [-0.25, -0.2) is 13.6 Å². The summed E-state index contributed by atoms with van der Waals surface area (Å²) in [6.45, 7) is 1.53. The van der Waals surface area contributed by atoms with Crippen molar-refractivity contribution in [1.82, 2.24) is 15.2 Å². The number of urea groups is 1. The second kappa shape index (κ2) is 5.99. The van der Waals surface area contributed by atoms with Crippen molar-refractivity contribution in [3.8, 4) is 0 Å². The standard InChI is InChI=1S/C17H15F2N3O2/c1-17(13-6-5-11(18)10-14(13)19)15(23)22(16(24)21-17)9-7-12-4-2-3-8-20-12/h2-6,8,10H,7,9H2,1H3,(H,21,24)/t17-/m1/s1. The molecular formula is C17H15F2N3O2. The molecule has 1 atom stereocenters. The number of rotatable bonds is 4. The van der Waals surface area contributed by atoms with E-state index in [0.717, 1.165) is 16.7 Å². The Morgan fingerprint density at radius 2 is 2.00 bits per heavy atom. The Kier molecular flexibility index (Phi) is 4.01. The van der Waals surface area contributed by atoms with Crippen LogP contribution >= 0.6 is 0 Å². The number of hydrogen-bond donors (Lipinski definition) is 1. The van der Waals surface area contributed by atoms with E-state index in [4.69, 9.17) is 0 Å². The maximum atomic E-state index is 14.1. The minimum atomic E-state index is -1.56. The van der Waals surface area contributed by atoms with Crippen LogP contribution in [0.25, 0.3) is 0 Å². The first kappa shape index (κ1) is 16.0. The first-order valence-corrected chi connectivity index (χ1v) is 7.41. The number of pyridine rings is 1. The number of amides is 3. The molecule has 0 spiro atoms. The number of hydrogen-bond acceptors (Lipinski definition) is 3. The number of nitrogens with one attached hydrogen (secondary N) is 1. The van der Waals surface area contributed by atoms with Crippen LogP contribution in [0.2, 0.25) is 0 Å². The average Bonchev–Trinajstić information content (AvgIpc) is 2.76. The minimum Gasteiger partial charge on any atom is -0.319 e. The number of benzene rings is 1. The second-order valence-electron chi connectivity index (χ2n) is 5.71. The Morgan fingerprint density at radius 3 is 2.67 bits per heavy atom. The van der Waals surface area contributed by atoms with Gasteiger partial charge < -0.3 is 5.32 Å². The Bertz CT molecular complexity index is 798. The highest BCUT2D eigenvalue weighted by Crippen LogP contribution is 2.31. The number of halogens is 2. The van der Waals surface area contributed by atoms with Gasteiger partial charge in [-0.2, -0.15) is 0 Å². The Morgan fingerprint density at radius 1 is 1.21 bits per heavy atom. The minimum absolute atomic E-state index is 0.0670. The number of nitrogens with zero attached hydrogens (tertiary/aromatic N) is 2. The van der Waals surface area contributed by atoms with Gasteiger partial charge >= 0.3 is 6.03 Å². The van der Waals surface area contributed by atoms with Crippen LogP contribution in [0.3, 0.4) is 0 Å². The van der Waals surface area contributed by atoms with E-state index in [-0.39, 0.29) is 12.1 Å². The van der Waals surface area contributed by atoms with Crippen molar-refractivity contribution in [3.63, 3.8) is 0 Å². The third kappa shape index (κ3) is 2.73. The van der Waals surface area contributed by atoms with Crippen LogP contribution in [0.15, 0.2) is 42.6 Å². The molecule has 1 N–H and O–H groups in total. The van der Waals surface area contributed by atoms with E-state index in [2.05, 4.69) is 10.3 Å². The Balaban J connectivity index is 1.82. The van der Waals surface area contributed by atoms with Crippen molar-refractivity contribution >= 4 is 11.9 Å². The van der Waals surface area contributed by atoms with Gasteiger partial charge in [0.15, 0.2) is 0 Å². The fourth-order valence-corrected chi connectivity index (χ4v) is 2.75. The molecular weight excluding hydrogens is 316 g/mol. The van der Waals surface area contributed by atoms with Crippen molar-refractivity contribution in [2.75, 3.05) is 6.54 Å². The molecule has 24 heavy (non-hydrogen) atoms. The normalized spacial score (nSPS) is 20.4. The maximum Gasteiger partial charge on any atom is 0.325 e. The van der Waals surface area contributed by atoms with Gasteiger partial charge in [-0.05, 0) is 25.1 Å². The number of carbonyl (C=O) groups is 2. The first-order valence-electron chi connectivity index (χ1n) is 7.41. The lowest BCUT2D eigenvalue weighted by Gasteiger charge is -2.22. The molecule has 1 aliphatic rings. The van der Waals surface area contributed by atoms with Crippen LogP contribution in [-0.4, -0.2) is 28.4 Å². The number of carbonyl (C=O) groups excluding carboxylic acids is 2. The van der Waals surface area contributed by atoms with Crippen LogP contribution in [0.1, 0.15) is 18.2 Å². The molecule has 0 bridgehead atoms. The smallest absolute Gasteiger partial charge is 0.319 e. The zero-order valence-corrected chi connectivity index (χ0v) is 12.9. The molecule has 1 fully saturated rings.